The van der Waals surface area contributed by atoms with Crippen LogP contribution in [-0.2, 0) is 0 Å². The highest BCUT2D eigenvalue weighted by atomic mass is 16.3. The van der Waals surface area contributed by atoms with Crippen LogP contribution in [0.4, 0.5) is 17.1 Å². The molecule has 10 aromatic rings. The zero-order valence-corrected chi connectivity index (χ0v) is 27.5. The molecule has 51 heavy (non-hydrogen) atoms. The molecule has 0 amide bonds. The third kappa shape index (κ3) is 5.13. The largest absolute Gasteiger partial charge is 0.456 e. The van der Waals surface area contributed by atoms with E-state index in [-0.39, 0.29) is 0 Å². The predicted octanol–water partition coefficient (Wildman–Crippen LogP) is 13.4. The highest BCUT2D eigenvalue weighted by Crippen LogP contribution is 2.41. The second-order valence-corrected chi connectivity index (χ2v) is 12.8. The molecule has 240 valence electrons. The summed E-state index contributed by atoms with van der Waals surface area (Å²) < 4.78 is 12.7. The zero-order valence-electron chi connectivity index (χ0n) is 27.5. The number of oxazole rings is 1. The van der Waals surface area contributed by atoms with E-state index in [1.807, 2.05) is 48.5 Å². The highest BCUT2D eigenvalue weighted by molar-refractivity contribution is 6.07. The molecule has 0 aliphatic rings. The zero-order chi connectivity index (χ0) is 33.7. The van der Waals surface area contributed by atoms with Crippen molar-refractivity contribution in [3.8, 4) is 33.7 Å². The monoisotopic (exact) mass is 654 g/mol. The molecule has 2 heterocycles. The fourth-order valence-corrected chi connectivity index (χ4v) is 7.15. The van der Waals surface area contributed by atoms with Crippen molar-refractivity contribution in [1.82, 2.24) is 4.98 Å². The minimum Gasteiger partial charge on any atom is -0.456 e. The van der Waals surface area contributed by atoms with Crippen LogP contribution >= 0.6 is 0 Å². The van der Waals surface area contributed by atoms with Gasteiger partial charge in [0.15, 0.2) is 5.58 Å². The maximum absolute atomic E-state index is 6.37. The first-order chi connectivity index (χ1) is 25.2. The maximum atomic E-state index is 6.37. The van der Waals surface area contributed by atoms with Crippen LogP contribution in [0.1, 0.15) is 0 Å². The van der Waals surface area contributed by atoms with E-state index in [0.29, 0.717) is 5.89 Å². The van der Waals surface area contributed by atoms with E-state index in [0.717, 1.165) is 83.1 Å². The molecule has 4 nitrogen and oxygen atoms in total. The highest BCUT2D eigenvalue weighted by Gasteiger charge is 2.17. The number of furan rings is 1. The molecule has 0 aliphatic heterocycles. The van der Waals surface area contributed by atoms with Gasteiger partial charge in [-0.1, -0.05) is 109 Å². The average Bonchev–Trinajstić information content (AvgIpc) is 3.81. The Labute approximate surface area is 294 Å². The Morgan fingerprint density at radius 3 is 1.84 bits per heavy atom. The topological polar surface area (TPSA) is 42.4 Å². The Balaban J connectivity index is 1.07. The molecule has 0 fully saturated rings. The van der Waals surface area contributed by atoms with Crippen LogP contribution in [0.3, 0.4) is 0 Å². The van der Waals surface area contributed by atoms with E-state index in [4.69, 9.17) is 13.8 Å². The van der Waals surface area contributed by atoms with Gasteiger partial charge in [-0.15, -0.1) is 0 Å². The molecular weight excluding hydrogens is 625 g/mol. The van der Waals surface area contributed by atoms with Gasteiger partial charge >= 0.3 is 0 Å². The maximum Gasteiger partial charge on any atom is 0.227 e. The number of para-hydroxylation sites is 1. The number of fused-ring (bicyclic) bond motifs is 6. The summed E-state index contributed by atoms with van der Waals surface area (Å²) in [4.78, 5) is 7.10. The van der Waals surface area contributed by atoms with Gasteiger partial charge in [0.1, 0.15) is 16.7 Å². The van der Waals surface area contributed by atoms with Crippen molar-refractivity contribution in [2.75, 3.05) is 4.90 Å². The van der Waals surface area contributed by atoms with E-state index >= 15 is 0 Å². The quantitative estimate of drug-likeness (QED) is 0.179. The lowest BCUT2D eigenvalue weighted by Crippen LogP contribution is -2.10. The van der Waals surface area contributed by atoms with Crippen LogP contribution in [-0.4, -0.2) is 4.98 Å². The van der Waals surface area contributed by atoms with Crippen LogP contribution < -0.4 is 4.90 Å². The molecule has 0 N–H and O–H groups in total. The molecule has 10 rings (SSSR count). The molecule has 0 saturated carbocycles. The van der Waals surface area contributed by atoms with Crippen LogP contribution in [0.2, 0.25) is 0 Å². The molecule has 0 radical (unpaired) electrons. The molecule has 0 atom stereocenters. The molecule has 2 aromatic heterocycles. The van der Waals surface area contributed by atoms with Crippen LogP contribution in [0, 0.1) is 0 Å². The minimum absolute atomic E-state index is 0.630. The fraction of sp³-hybridized carbons (Fsp3) is 0. The third-order valence-corrected chi connectivity index (χ3v) is 9.68. The van der Waals surface area contributed by atoms with Crippen molar-refractivity contribution in [1.29, 1.82) is 0 Å². The smallest absolute Gasteiger partial charge is 0.227 e. The Bertz CT molecular complexity index is 2850. The van der Waals surface area contributed by atoms with Gasteiger partial charge in [0.05, 0.1) is 0 Å². The lowest BCUT2D eigenvalue weighted by Gasteiger charge is -2.26. The number of benzene rings is 8. The molecule has 0 aliphatic carbocycles. The number of anilines is 3. The number of hydrogen-bond acceptors (Lipinski definition) is 4. The van der Waals surface area contributed by atoms with Gasteiger partial charge < -0.3 is 13.7 Å². The molecule has 8 aromatic carbocycles. The van der Waals surface area contributed by atoms with Gasteiger partial charge in [0.2, 0.25) is 5.89 Å². The number of aromatic nitrogens is 1. The summed E-state index contributed by atoms with van der Waals surface area (Å²) in [6, 6.07) is 63.4. The number of nitrogens with zero attached hydrogens (tertiary/aromatic N) is 2. The molecular formula is C47H30N2O2. The van der Waals surface area contributed by atoms with E-state index in [1.54, 1.807) is 0 Å². The van der Waals surface area contributed by atoms with Gasteiger partial charge in [0.25, 0.3) is 0 Å². The van der Waals surface area contributed by atoms with Gasteiger partial charge in [0, 0.05) is 44.9 Å². The predicted molar refractivity (Wildman–Crippen MR) is 210 cm³/mol. The van der Waals surface area contributed by atoms with E-state index in [2.05, 4.69) is 138 Å². The Morgan fingerprint density at radius 2 is 1.00 bits per heavy atom. The van der Waals surface area contributed by atoms with E-state index in [1.165, 1.54) is 5.56 Å². The van der Waals surface area contributed by atoms with E-state index < -0.39 is 0 Å². The van der Waals surface area contributed by atoms with Crippen molar-refractivity contribution in [3.05, 3.63) is 182 Å². The molecule has 0 saturated heterocycles. The number of hydrogen-bond donors (Lipinski definition) is 0. The van der Waals surface area contributed by atoms with Crippen molar-refractivity contribution >= 4 is 60.9 Å². The van der Waals surface area contributed by atoms with Crippen molar-refractivity contribution in [2.24, 2.45) is 0 Å². The summed E-state index contributed by atoms with van der Waals surface area (Å²) in [6.45, 7) is 0. The van der Waals surface area contributed by atoms with Gasteiger partial charge in [-0.3, -0.25) is 0 Å². The summed E-state index contributed by atoms with van der Waals surface area (Å²) in [7, 11) is 0. The lowest BCUT2D eigenvalue weighted by molar-refractivity contribution is 0.623. The minimum atomic E-state index is 0.630. The molecule has 0 spiro atoms. The Kier molecular flexibility index (Phi) is 6.78. The van der Waals surface area contributed by atoms with Crippen LogP contribution in [0.15, 0.2) is 191 Å². The molecule has 0 bridgehead atoms. The number of rotatable bonds is 6. The van der Waals surface area contributed by atoms with Crippen molar-refractivity contribution in [3.63, 3.8) is 0 Å². The van der Waals surface area contributed by atoms with Crippen LogP contribution in [0.25, 0.3) is 77.5 Å². The average molecular weight is 655 g/mol. The summed E-state index contributed by atoms with van der Waals surface area (Å²) in [5.74, 6) is 0.630. The summed E-state index contributed by atoms with van der Waals surface area (Å²) in [5.41, 5.74) is 12.1. The summed E-state index contributed by atoms with van der Waals surface area (Å²) in [5, 5.41) is 4.39. The van der Waals surface area contributed by atoms with Crippen LogP contribution in [0.5, 0.6) is 0 Å². The van der Waals surface area contributed by atoms with Crippen molar-refractivity contribution in [2.45, 2.75) is 0 Å². The Morgan fingerprint density at radius 1 is 0.373 bits per heavy atom. The molecule has 4 heteroatoms. The fourth-order valence-electron chi connectivity index (χ4n) is 7.15. The third-order valence-electron chi connectivity index (χ3n) is 9.68. The summed E-state index contributed by atoms with van der Waals surface area (Å²) >= 11 is 0. The van der Waals surface area contributed by atoms with Gasteiger partial charge in [-0.25, -0.2) is 4.98 Å². The summed E-state index contributed by atoms with van der Waals surface area (Å²) in [6.07, 6.45) is 0. The second kappa shape index (κ2) is 11.9. The van der Waals surface area contributed by atoms with Gasteiger partial charge in [-0.2, -0.15) is 0 Å². The Hall–Kier alpha value is -6.91. The standard InChI is InChI=1S/C47H30N2O2/c1-3-10-31(11-4-1)35-14-9-15-38(28-35)49(39-25-26-41-40-16-7-8-17-44(40)50-45(41)30-39)37-23-20-32(21-24-37)36-19-18-33-22-27-43-46(42(33)29-36)51-47(48-43)34-12-5-2-6-13-34/h1-30H. The SMILES string of the molecule is c1ccc(-c2cccc(N(c3ccc(-c4ccc5ccc6nc(-c7ccccc7)oc6c5c4)cc3)c3ccc4c(c3)oc3ccccc34)c2)cc1. The first-order valence-corrected chi connectivity index (χ1v) is 17.1. The first-order valence-electron chi connectivity index (χ1n) is 17.1. The first kappa shape index (κ1) is 29.0. The molecule has 0 unspecified atom stereocenters. The second-order valence-electron chi connectivity index (χ2n) is 12.8. The lowest BCUT2D eigenvalue weighted by atomic mass is 10.00. The normalized spacial score (nSPS) is 11.5. The van der Waals surface area contributed by atoms with E-state index in [9.17, 15) is 0 Å². The van der Waals surface area contributed by atoms with Crippen molar-refractivity contribution < 1.29 is 8.83 Å². The van der Waals surface area contributed by atoms with Gasteiger partial charge in [-0.05, 0) is 94.4 Å².